The molecule has 42 heavy (non-hydrogen) atoms. The summed E-state index contributed by atoms with van der Waals surface area (Å²) in [5, 5.41) is 3.10. The third-order valence-corrected chi connectivity index (χ3v) is 7.07. The van der Waals surface area contributed by atoms with Gasteiger partial charge in [0.05, 0.1) is 13.7 Å². The van der Waals surface area contributed by atoms with E-state index in [9.17, 15) is 28.0 Å². The fourth-order valence-electron chi connectivity index (χ4n) is 4.57. The van der Waals surface area contributed by atoms with Crippen LogP contribution in [0.4, 0.5) is 14.5 Å². The Kier molecular flexibility index (Phi) is 9.74. The summed E-state index contributed by atoms with van der Waals surface area (Å²) in [7, 11) is 3.02. The minimum absolute atomic E-state index is 0.102. The number of amides is 4. The van der Waals surface area contributed by atoms with Crippen molar-refractivity contribution in [3.05, 3.63) is 94.5 Å². The molecule has 0 radical (unpaired) electrons. The number of nitrogens with one attached hydrogen (secondary N) is 1. The molecule has 0 saturated carbocycles. The third kappa shape index (κ3) is 7.61. The van der Waals surface area contributed by atoms with Gasteiger partial charge in [-0.3, -0.25) is 19.2 Å². The molecule has 4 amide bonds. The number of likely N-dealkylation sites (N-methyl/N-ethyl adjacent to an activating group) is 1. The lowest BCUT2D eigenvalue weighted by Crippen LogP contribution is -2.56. The van der Waals surface area contributed by atoms with Crippen LogP contribution in [0.3, 0.4) is 0 Å². The van der Waals surface area contributed by atoms with E-state index in [1.54, 1.807) is 48.5 Å². The van der Waals surface area contributed by atoms with Crippen LogP contribution >= 0.6 is 11.6 Å². The van der Waals surface area contributed by atoms with Crippen LogP contribution in [0.25, 0.3) is 0 Å². The Balaban J connectivity index is 1.44. The highest BCUT2D eigenvalue weighted by Crippen LogP contribution is 2.20. The number of piperazine rings is 1. The molecule has 0 aliphatic carbocycles. The normalized spacial score (nSPS) is 13.9. The second-order valence-corrected chi connectivity index (χ2v) is 10.2. The maximum Gasteiger partial charge on any atom is 0.254 e. The lowest BCUT2D eigenvalue weighted by Gasteiger charge is -2.34. The van der Waals surface area contributed by atoms with E-state index in [0.29, 0.717) is 28.1 Å². The smallest absolute Gasteiger partial charge is 0.254 e. The molecule has 3 aromatic rings. The highest BCUT2D eigenvalue weighted by Gasteiger charge is 2.31. The zero-order valence-corrected chi connectivity index (χ0v) is 23.7. The number of methoxy groups -OCH3 is 1. The van der Waals surface area contributed by atoms with Gasteiger partial charge in [-0.25, -0.2) is 8.78 Å². The van der Waals surface area contributed by atoms with Crippen molar-refractivity contribution in [3.8, 4) is 5.75 Å². The summed E-state index contributed by atoms with van der Waals surface area (Å²) in [5.74, 6) is -3.01. The second-order valence-electron chi connectivity index (χ2n) is 9.75. The zero-order chi connectivity index (χ0) is 30.4. The molecule has 4 rings (SSSR count). The molecule has 1 saturated heterocycles. The Morgan fingerprint density at radius 2 is 1.64 bits per heavy atom. The monoisotopic (exact) mass is 598 g/mol. The molecule has 1 N–H and O–H groups in total. The summed E-state index contributed by atoms with van der Waals surface area (Å²) in [6.07, 6.45) is -0.197. The number of hydrogen-bond donors (Lipinski definition) is 1. The predicted octanol–water partition coefficient (Wildman–Crippen LogP) is 3.30. The molecular weight excluding hydrogens is 570 g/mol. The number of carbonyl (C=O) groups is 4. The lowest BCUT2D eigenvalue weighted by atomic mass is 10.0. The molecule has 0 aromatic heterocycles. The molecule has 9 nitrogen and oxygen atoms in total. The quantitative estimate of drug-likeness (QED) is 0.408. The van der Waals surface area contributed by atoms with E-state index >= 15 is 0 Å². The first-order chi connectivity index (χ1) is 20.0. The van der Waals surface area contributed by atoms with Crippen LogP contribution in [-0.2, 0) is 20.8 Å². The average Bonchev–Trinajstić information content (AvgIpc) is 2.96. The van der Waals surface area contributed by atoms with Crippen molar-refractivity contribution in [1.29, 1.82) is 0 Å². The van der Waals surface area contributed by atoms with Crippen molar-refractivity contribution in [2.45, 2.75) is 12.5 Å². The van der Waals surface area contributed by atoms with Crippen molar-refractivity contribution in [1.82, 2.24) is 15.1 Å². The Morgan fingerprint density at radius 1 is 1.00 bits per heavy atom. The van der Waals surface area contributed by atoms with E-state index in [1.165, 1.54) is 28.9 Å². The third-order valence-electron chi connectivity index (χ3n) is 6.82. The molecule has 0 bridgehead atoms. The van der Waals surface area contributed by atoms with Crippen molar-refractivity contribution < 1.29 is 32.7 Å². The molecular formula is C30H29ClF2N4O5. The van der Waals surface area contributed by atoms with Gasteiger partial charge in [-0.05, 0) is 66.2 Å². The fraction of sp³-hybridized carbons (Fsp3) is 0.267. The minimum atomic E-state index is -1.20. The van der Waals surface area contributed by atoms with Crippen LogP contribution in [0.1, 0.15) is 15.9 Å². The first kappa shape index (κ1) is 30.4. The van der Waals surface area contributed by atoms with Gasteiger partial charge in [0.1, 0.15) is 30.0 Å². The number of nitrogens with zero attached hydrogens (tertiary/aromatic N) is 3. The molecule has 3 aromatic carbocycles. The van der Waals surface area contributed by atoms with Crippen LogP contribution in [0, 0.1) is 11.6 Å². The highest BCUT2D eigenvalue weighted by atomic mass is 35.5. The van der Waals surface area contributed by atoms with E-state index in [-0.39, 0.29) is 44.1 Å². The standard InChI is InChI=1S/C30H29ClF2N4O5/c1-35(24-7-9-25(42-2)10-8-24)30(41)26(15-19-13-22(32)16-23(33)14-19)34-27(38)17-36-11-12-37(18-28(36)39)29(40)20-3-5-21(31)6-4-20/h3-10,13-14,16,26H,11-12,15,17-18H2,1-2H3,(H,34,38)/t26-/m0/s1. The van der Waals surface area contributed by atoms with E-state index in [1.807, 2.05) is 0 Å². The van der Waals surface area contributed by atoms with Gasteiger partial charge in [-0.15, -0.1) is 0 Å². The number of benzene rings is 3. The van der Waals surface area contributed by atoms with E-state index < -0.39 is 35.4 Å². The Morgan fingerprint density at radius 3 is 2.24 bits per heavy atom. The first-order valence-electron chi connectivity index (χ1n) is 13.0. The van der Waals surface area contributed by atoms with Gasteiger partial charge in [0.25, 0.3) is 5.91 Å². The number of hydrogen-bond acceptors (Lipinski definition) is 5. The predicted molar refractivity (Wildman–Crippen MR) is 152 cm³/mol. The number of carbonyl (C=O) groups excluding carboxylic acids is 4. The summed E-state index contributed by atoms with van der Waals surface area (Å²) in [6.45, 7) is -0.286. The van der Waals surface area contributed by atoms with Gasteiger partial charge in [0.2, 0.25) is 17.7 Å². The Bertz CT molecular complexity index is 1450. The summed E-state index contributed by atoms with van der Waals surface area (Å²) in [5.41, 5.74) is 1.05. The number of halogens is 3. The molecule has 220 valence electrons. The van der Waals surface area contributed by atoms with Crippen molar-refractivity contribution in [2.75, 3.05) is 45.2 Å². The topological polar surface area (TPSA) is 99.3 Å². The number of anilines is 1. The summed E-state index contributed by atoms with van der Waals surface area (Å²) in [6, 6.07) is 14.6. The van der Waals surface area contributed by atoms with Crippen molar-refractivity contribution >= 4 is 40.9 Å². The van der Waals surface area contributed by atoms with E-state index in [2.05, 4.69) is 5.32 Å². The maximum atomic E-state index is 13.9. The maximum absolute atomic E-state index is 13.9. The van der Waals surface area contributed by atoms with Crippen LogP contribution in [0.2, 0.25) is 5.02 Å². The first-order valence-corrected chi connectivity index (χ1v) is 13.4. The van der Waals surface area contributed by atoms with Crippen molar-refractivity contribution in [2.24, 2.45) is 0 Å². The van der Waals surface area contributed by atoms with Gasteiger partial charge in [0, 0.05) is 48.9 Å². The summed E-state index contributed by atoms with van der Waals surface area (Å²) >= 11 is 5.88. The lowest BCUT2D eigenvalue weighted by molar-refractivity contribution is -0.139. The molecule has 12 heteroatoms. The molecule has 1 aliphatic rings. The Labute approximate surface area is 246 Å². The van der Waals surface area contributed by atoms with Gasteiger partial charge in [-0.2, -0.15) is 0 Å². The van der Waals surface area contributed by atoms with Crippen LogP contribution < -0.4 is 15.0 Å². The van der Waals surface area contributed by atoms with Gasteiger partial charge in [0.15, 0.2) is 0 Å². The van der Waals surface area contributed by atoms with Gasteiger partial charge >= 0.3 is 0 Å². The molecule has 0 unspecified atom stereocenters. The van der Waals surface area contributed by atoms with Crippen LogP contribution in [0.15, 0.2) is 66.7 Å². The van der Waals surface area contributed by atoms with E-state index in [0.717, 1.165) is 12.1 Å². The van der Waals surface area contributed by atoms with Crippen molar-refractivity contribution in [3.63, 3.8) is 0 Å². The number of rotatable bonds is 9. The molecule has 1 atom stereocenters. The minimum Gasteiger partial charge on any atom is -0.497 e. The fourth-order valence-corrected chi connectivity index (χ4v) is 4.69. The van der Waals surface area contributed by atoms with Gasteiger partial charge in [-0.1, -0.05) is 11.6 Å². The largest absolute Gasteiger partial charge is 0.497 e. The summed E-state index contributed by atoms with van der Waals surface area (Å²) < 4.78 is 32.9. The van der Waals surface area contributed by atoms with E-state index in [4.69, 9.17) is 16.3 Å². The molecule has 1 fully saturated rings. The Hall–Kier alpha value is -4.51. The molecule has 1 heterocycles. The average molecular weight is 599 g/mol. The SMILES string of the molecule is COc1ccc(N(C)C(=O)[C@H](Cc2cc(F)cc(F)c2)NC(=O)CN2CCN(C(=O)c3ccc(Cl)cc3)CC2=O)cc1. The van der Waals surface area contributed by atoms with Crippen LogP contribution in [0.5, 0.6) is 5.75 Å². The second kappa shape index (κ2) is 13.4. The zero-order valence-electron chi connectivity index (χ0n) is 23.0. The summed E-state index contributed by atoms with van der Waals surface area (Å²) in [4.78, 5) is 56.2. The molecule has 0 spiro atoms. The number of ether oxygens (including phenoxy) is 1. The van der Waals surface area contributed by atoms with Crippen LogP contribution in [-0.4, -0.2) is 79.8 Å². The van der Waals surface area contributed by atoms with Gasteiger partial charge < -0.3 is 24.8 Å². The highest BCUT2D eigenvalue weighted by molar-refractivity contribution is 6.30. The molecule has 1 aliphatic heterocycles.